The Morgan fingerprint density at radius 2 is 2.05 bits per heavy atom. The summed E-state index contributed by atoms with van der Waals surface area (Å²) in [7, 11) is 0. The molecule has 2 aliphatic rings. The van der Waals surface area contributed by atoms with Gasteiger partial charge >= 0.3 is 5.97 Å². The molecule has 0 bridgehead atoms. The number of aromatic carboxylic acids is 1. The molecule has 4 heterocycles. The molecule has 2 aromatic heterocycles. The van der Waals surface area contributed by atoms with Crippen LogP contribution in [-0.4, -0.2) is 61.8 Å². The minimum atomic E-state index is -1.00. The van der Waals surface area contributed by atoms with Gasteiger partial charge in [0.05, 0.1) is 58.6 Å². The number of carboxylic acid groups (broad SMARTS) is 1. The van der Waals surface area contributed by atoms with Gasteiger partial charge < -0.3 is 14.4 Å². The van der Waals surface area contributed by atoms with E-state index in [1.165, 1.54) is 12.1 Å². The normalized spacial score (nSPS) is 15.5. The zero-order valence-corrected chi connectivity index (χ0v) is 22.5. The number of nitriles is 1. The van der Waals surface area contributed by atoms with E-state index < -0.39 is 11.8 Å². The van der Waals surface area contributed by atoms with Crippen LogP contribution < -0.4 is 4.74 Å². The number of carboxylic acids is 1. The number of hydroxylamine groups is 2. The molecule has 41 heavy (non-hydrogen) atoms. The maximum absolute atomic E-state index is 14.9. The second-order valence-electron chi connectivity index (χ2n) is 9.72. The van der Waals surface area contributed by atoms with Crippen molar-refractivity contribution in [2.24, 2.45) is 0 Å². The number of aromatic nitrogens is 3. The highest BCUT2D eigenvalue weighted by Crippen LogP contribution is 2.28. The fourth-order valence-corrected chi connectivity index (χ4v) is 5.04. The average molecular weight is 575 g/mol. The maximum atomic E-state index is 14.9. The minimum Gasteiger partial charge on any atom is -0.486 e. The summed E-state index contributed by atoms with van der Waals surface area (Å²) in [4.78, 5) is 28.5. The average Bonchev–Trinajstić information content (AvgIpc) is 3.54. The second-order valence-corrected chi connectivity index (χ2v) is 10.1. The number of rotatable bonds is 9. The molecule has 10 nitrogen and oxygen atoms in total. The standard InChI is InChI=1S/C29H24ClFN6O4/c30-22-11-18(13-32)1-6-26(22)40-16-21-3-4-23(31)28(33-21)20-7-8-35(14-20)15-27-34-24-5-2-19(29(38)39)12-25(24)37(27)17-36-9-10-41-36/h1-7,11-12H,8-10,14-17H2,(H,38,39). The van der Waals surface area contributed by atoms with Crippen LogP contribution in [-0.2, 0) is 24.7 Å². The molecule has 0 spiro atoms. The second kappa shape index (κ2) is 11.3. The van der Waals surface area contributed by atoms with Crippen molar-refractivity contribution >= 4 is 34.2 Å². The number of hydrogen-bond acceptors (Lipinski definition) is 8. The van der Waals surface area contributed by atoms with E-state index in [1.807, 2.05) is 16.7 Å². The van der Waals surface area contributed by atoms with Crippen LogP contribution in [0.3, 0.4) is 0 Å². The Hall–Kier alpha value is -4.34. The Balaban J connectivity index is 1.17. The van der Waals surface area contributed by atoms with Gasteiger partial charge in [-0.3, -0.25) is 9.74 Å². The van der Waals surface area contributed by atoms with Gasteiger partial charge in [0.25, 0.3) is 0 Å². The van der Waals surface area contributed by atoms with Crippen LogP contribution in [0.5, 0.6) is 5.75 Å². The van der Waals surface area contributed by atoms with E-state index in [0.29, 0.717) is 66.0 Å². The van der Waals surface area contributed by atoms with Gasteiger partial charge in [0.1, 0.15) is 36.4 Å². The highest BCUT2D eigenvalue weighted by atomic mass is 35.5. The fraction of sp³-hybridized carbons (Fsp3) is 0.241. The number of imidazole rings is 1. The van der Waals surface area contributed by atoms with Crippen LogP contribution in [0, 0.1) is 17.1 Å². The van der Waals surface area contributed by atoms with E-state index in [4.69, 9.17) is 31.4 Å². The summed E-state index contributed by atoms with van der Waals surface area (Å²) in [6.07, 6.45) is 1.95. The lowest BCUT2D eigenvalue weighted by molar-refractivity contribution is -0.263. The third-order valence-electron chi connectivity index (χ3n) is 6.99. The van der Waals surface area contributed by atoms with Crippen molar-refractivity contribution in [2.45, 2.75) is 19.8 Å². The number of hydrogen-bond donors (Lipinski definition) is 1. The van der Waals surface area contributed by atoms with Gasteiger partial charge in [-0.15, -0.1) is 0 Å². The fourth-order valence-electron chi connectivity index (χ4n) is 4.80. The molecular formula is C29H24ClFN6O4. The molecule has 2 aromatic carbocycles. The first-order valence-corrected chi connectivity index (χ1v) is 13.3. The molecule has 1 fully saturated rings. The summed E-state index contributed by atoms with van der Waals surface area (Å²) in [6.45, 7) is 3.41. The Kier molecular flexibility index (Phi) is 7.38. The monoisotopic (exact) mass is 574 g/mol. The van der Waals surface area contributed by atoms with Crippen molar-refractivity contribution < 1.29 is 23.9 Å². The number of pyridine rings is 1. The maximum Gasteiger partial charge on any atom is 0.335 e. The van der Waals surface area contributed by atoms with Crippen molar-refractivity contribution in [3.63, 3.8) is 0 Å². The number of nitrogens with zero attached hydrogens (tertiary/aromatic N) is 6. The van der Waals surface area contributed by atoms with Gasteiger partial charge in [0.2, 0.25) is 0 Å². The number of ether oxygens (including phenoxy) is 1. The van der Waals surface area contributed by atoms with E-state index >= 15 is 0 Å². The molecule has 1 N–H and O–H groups in total. The summed E-state index contributed by atoms with van der Waals surface area (Å²) in [5, 5.41) is 20.6. The lowest BCUT2D eigenvalue weighted by atomic mass is 10.1. The zero-order valence-electron chi connectivity index (χ0n) is 21.8. The molecule has 208 valence electrons. The Morgan fingerprint density at radius 1 is 1.20 bits per heavy atom. The molecule has 12 heteroatoms. The molecule has 0 amide bonds. The summed E-state index contributed by atoms with van der Waals surface area (Å²) in [5.41, 5.74) is 3.57. The molecule has 0 atom stereocenters. The van der Waals surface area contributed by atoms with Crippen molar-refractivity contribution in [1.82, 2.24) is 24.5 Å². The van der Waals surface area contributed by atoms with Gasteiger partial charge in [0.15, 0.2) is 0 Å². The molecule has 0 saturated carbocycles. The molecule has 2 aliphatic heterocycles. The van der Waals surface area contributed by atoms with Crippen LogP contribution >= 0.6 is 11.6 Å². The summed E-state index contributed by atoms with van der Waals surface area (Å²) in [6, 6.07) is 14.6. The van der Waals surface area contributed by atoms with Crippen LogP contribution in [0.25, 0.3) is 16.6 Å². The van der Waals surface area contributed by atoms with Gasteiger partial charge in [0, 0.05) is 13.1 Å². The third-order valence-corrected chi connectivity index (χ3v) is 7.28. The smallest absolute Gasteiger partial charge is 0.335 e. The van der Waals surface area contributed by atoms with E-state index in [0.717, 1.165) is 17.9 Å². The first-order chi connectivity index (χ1) is 19.9. The van der Waals surface area contributed by atoms with Crippen molar-refractivity contribution in [3.05, 3.63) is 93.8 Å². The van der Waals surface area contributed by atoms with E-state index in [9.17, 15) is 14.3 Å². The number of halogens is 2. The van der Waals surface area contributed by atoms with Gasteiger partial charge in [-0.2, -0.15) is 10.3 Å². The van der Waals surface area contributed by atoms with Crippen LogP contribution in [0.2, 0.25) is 5.02 Å². The summed E-state index contributed by atoms with van der Waals surface area (Å²) < 4.78 is 22.6. The van der Waals surface area contributed by atoms with Gasteiger partial charge in [-0.1, -0.05) is 17.7 Å². The molecule has 6 rings (SSSR count). The van der Waals surface area contributed by atoms with Crippen LogP contribution in [0.1, 0.15) is 33.1 Å². The Labute approximate surface area is 239 Å². The molecule has 1 saturated heterocycles. The van der Waals surface area contributed by atoms with E-state index in [2.05, 4.69) is 9.88 Å². The topological polar surface area (TPSA) is 117 Å². The number of benzene rings is 2. The summed E-state index contributed by atoms with van der Waals surface area (Å²) >= 11 is 6.20. The first kappa shape index (κ1) is 26.9. The molecule has 0 radical (unpaired) electrons. The van der Waals surface area contributed by atoms with Crippen molar-refractivity contribution in [3.8, 4) is 11.8 Å². The summed E-state index contributed by atoms with van der Waals surface area (Å²) in [5.74, 6) is -0.271. The predicted octanol–water partition coefficient (Wildman–Crippen LogP) is 4.48. The first-order valence-electron chi connectivity index (χ1n) is 12.9. The van der Waals surface area contributed by atoms with E-state index in [1.54, 1.807) is 41.5 Å². The van der Waals surface area contributed by atoms with Crippen molar-refractivity contribution in [2.75, 3.05) is 26.2 Å². The zero-order chi connectivity index (χ0) is 28.5. The SMILES string of the molecule is N#Cc1ccc(OCc2ccc(F)c(C3=CCN(Cc4nc5ccc(C(=O)O)cc5n4CN4CCO4)C3)n2)c(Cl)c1. The lowest BCUT2D eigenvalue weighted by Gasteiger charge is -2.31. The molecule has 0 aliphatic carbocycles. The molecule has 0 unspecified atom stereocenters. The van der Waals surface area contributed by atoms with Crippen molar-refractivity contribution in [1.29, 1.82) is 5.26 Å². The van der Waals surface area contributed by atoms with Gasteiger partial charge in [-0.05, 0) is 54.1 Å². The third kappa shape index (κ3) is 5.64. The predicted molar refractivity (Wildman–Crippen MR) is 147 cm³/mol. The minimum absolute atomic E-state index is 0.0802. The van der Waals surface area contributed by atoms with Crippen LogP contribution in [0.15, 0.2) is 54.6 Å². The number of carbonyl (C=O) groups is 1. The number of fused-ring (bicyclic) bond motifs is 1. The van der Waals surface area contributed by atoms with Gasteiger partial charge in [-0.25, -0.2) is 19.2 Å². The molecule has 4 aromatic rings. The largest absolute Gasteiger partial charge is 0.486 e. The lowest BCUT2D eigenvalue weighted by Crippen LogP contribution is -2.41. The Morgan fingerprint density at radius 3 is 2.78 bits per heavy atom. The quantitative estimate of drug-likeness (QED) is 0.309. The Bertz CT molecular complexity index is 1730. The van der Waals surface area contributed by atoms with Crippen LogP contribution in [0.4, 0.5) is 4.39 Å². The highest BCUT2D eigenvalue weighted by Gasteiger charge is 2.24. The highest BCUT2D eigenvalue weighted by molar-refractivity contribution is 6.32. The molecular weight excluding hydrogens is 551 g/mol. The van der Waals surface area contributed by atoms with E-state index in [-0.39, 0.29) is 17.9 Å².